The van der Waals surface area contributed by atoms with Crippen LogP contribution in [-0.2, 0) is 4.79 Å². The lowest BCUT2D eigenvalue weighted by Gasteiger charge is -2.14. The molecule has 22 heavy (non-hydrogen) atoms. The molecule has 1 aromatic carbocycles. The predicted molar refractivity (Wildman–Crippen MR) is 93.8 cm³/mol. The molecule has 2 N–H and O–H groups in total. The van der Waals surface area contributed by atoms with Crippen molar-refractivity contribution in [2.45, 2.75) is 19.9 Å². The molecule has 0 saturated heterocycles. The van der Waals surface area contributed by atoms with Crippen molar-refractivity contribution in [2.24, 2.45) is 0 Å². The van der Waals surface area contributed by atoms with E-state index < -0.39 is 6.04 Å². The predicted octanol–water partition coefficient (Wildman–Crippen LogP) is 4.23. The molecule has 0 radical (unpaired) electrons. The lowest BCUT2D eigenvalue weighted by Crippen LogP contribution is -2.41. The fourth-order valence-corrected chi connectivity index (χ4v) is 3.30. The summed E-state index contributed by atoms with van der Waals surface area (Å²) in [5.74, 6) is -0.608. The van der Waals surface area contributed by atoms with Crippen molar-refractivity contribution in [3.8, 4) is 0 Å². The third kappa shape index (κ3) is 4.32. The molecule has 1 unspecified atom stereocenters. The Morgan fingerprint density at radius 2 is 2.00 bits per heavy atom. The second-order valence-electron chi connectivity index (χ2n) is 4.77. The molecule has 2 aromatic rings. The Morgan fingerprint density at radius 3 is 2.59 bits per heavy atom. The van der Waals surface area contributed by atoms with Crippen molar-refractivity contribution >= 4 is 56.4 Å². The number of amides is 2. The minimum Gasteiger partial charge on any atom is -0.340 e. The van der Waals surface area contributed by atoms with E-state index in [1.165, 1.54) is 11.3 Å². The summed E-state index contributed by atoms with van der Waals surface area (Å²) < 4.78 is 0.862. The Bertz CT molecular complexity index is 717. The number of carbonyl (C=O) groups is 2. The second-order valence-corrected chi connectivity index (χ2v) is 7.64. The Labute approximate surface area is 146 Å². The molecule has 0 aliphatic carbocycles. The number of benzene rings is 1. The third-order valence-electron chi connectivity index (χ3n) is 2.92. The molecule has 4 nitrogen and oxygen atoms in total. The maximum absolute atomic E-state index is 12.1. The average Bonchev–Trinajstić information content (AvgIpc) is 2.88. The van der Waals surface area contributed by atoms with Gasteiger partial charge in [0.2, 0.25) is 5.91 Å². The second kappa shape index (κ2) is 7.26. The highest BCUT2D eigenvalue weighted by molar-refractivity contribution is 9.11. The summed E-state index contributed by atoms with van der Waals surface area (Å²) in [5.41, 5.74) is 1.53. The lowest BCUT2D eigenvalue weighted by molar-refractivity contribution is -0.117. The SMILES string of the molecule is Cc1ccc(NC(=O)C(C)NC(=O)c2ccc(Br)s2)c(Cl)c1. The normalized spacial score (nSPS) is 11.8. The van der Waals surface area contributed by atoms with E-state index in [0.29, 0.717) is 15.6 Å². The number of hydrogen-bond acceptors (Lipinski definition) is 3. The van der Waals surface area contributed by atoms with E-state index in [0.717, 1.165) is 9.35 Å². The van der Waals surface area contributed by atoms with Crippen LogP contribution in [0.25, 0.3) is 0 Å². The first-order valence-corrected chi connectivity index (χ1v) is 8.49. The van der Waals surface area contributed by atoms with Crippen molar-refractivity contribution in [3.05, 3.63) is 49.6 Å². The third-order valence-corrected chi connectivity index (χ3v) is 4.86. The van der Waals surface area contributed by atoms with Crippen LogP contribution in [0.1, 0.15) is 22.2 Å². The van der Waals surface area contributed by atoms with Crippen LogP contribution in [-0.4, -0.2) is 17.9 Å². The van der Waals surface area contributed by atoms with Gasteiger partial charge in [-0.15, -0.1) is 11.3 Å². The summed E-state index contributed by atoms with van der Waals surface area (Å²) in [7, 11) is 0. The zero-order valence-electron chi connectivity index (χ0n) is 11.9. The molecule has 116 valence electrons. The summed E-state index contributed by atoms with van der Waals surface area (Å²) in [4.78, 5) is 24.7. The van der Waals surface area contributed by atoms with Gasteiger partial charge in [-0.25, -0.2) is 0 Å². The van der Waals surface area contributed by atoms with Crippen LogP contribution in [0.2, 0.25) is 5.02 Å². The zero-order chi connectivity index (χ0) is 16.3. The maximum atomic E-state index is 12.1. The number of rotatable bonds is 4. The van der Waals surface area contributed by atoms with E-state index in [-0.39, 0.29) is 11.8 Å². The molecular weight excluding hydrogens is 388 g/mol. The smallest absolute Gasteiger partial charge is 0.262 e. The molecule has 1 aromatic heterocycles. The van der Waals surface area contributed by atoms with Crippen LogP contribution in [0.5, 0.6) is 0 Å². The molecule has 0 spiro atoms. The van der Waals surface area contributed by atoms with E-state index in [2.05, 4.69) is 26.6 Å². The van der Waals surface area contributed by atoms with Gasteiger partial charge in [-0.1, -0.05) is 17.7 Å². The Balaban J connectivity index is 1.98. The fraction of sp³-hybridized carbons (Fsp3) is 0.200. The minimum absolute atomic E-state index is 0.284. The van der Waals surface area contributed by atoms with Gasteiger partial charge in [0, 0.05) is 0 Å². The molecule has 0 saturated carbocycles. The minimum atomic E-state index is -0.675. The number of hydrogen-bond donors (Lipinski definition) is 2. The van der Waals surface area contributed by atoms with E-state index in [4.69, 9.17) is 11.6 Å². The Morgan fingerprint density at radius 1 is 1.27 bits per heavy atom. The van der Waals surface area contributed by atoms with Crippen LogP contribution in [0, 0.1) is 6.92 Å². The van der Waals surface area contributed by atoms with E-state index in [1.807, 2.05) is 13.0 Å². The first-order chi connectivity index (χ1) is 10.4. The lowest BCUT2D eigenvalue weighted by atomic mass is 10.2. The number of nitrogens with one attached hydrogen (secondary N) is 2. The molecule has 0 bridgehead atoms. The molecule has 0 aliphatic heterocycles. The van der Waals surface area contributed by atoms with Gasteiger partial charge >= 0.3 is 0 Å². The molecular formula is C15H14BrClN2O2S. The maximum Gasteiger partial charge on any atom is 0.262 e. The van der Waals surface area contributed by atoms with Gasteiger partial charge in [-0.2, -0.15) is 0 Å². The molecule has 2 rings (SSSR count). The summed E-state index contributed by atoms with van der Waals surface area (Å²) in [6.45, 7) is 3.54. The quantitative estimate of drug-likeness (QED) is 0.805. The van der Waals surface area contributed by atoms with Gasteiger partial charge in [-0.05, 0) is 59.6 Å². The monoisotopic (exact) mass is 400 g/mol. The van der Waals surface area contributed by atoms with Crippen LogP contribution in [0.3, 0.4) is 0 Å². The van der Waals surface area contributed by atoms with Crippen LogP contribution >= 0.6 is 38.9 Å². The average molecular weight is 402 g/mol. The van der Waals surface area contributed by atoms with Gasteiger partial charge < -0.3 is 10.6 Å². The largest absolute Gasteiger partial charge is 0.340 e. The zero-order valence-corrected chi connectivity index (χ0v) is 15.1. The standard InChI is InChI=1S/C15H14BrClN2O2S/c1-8-3-4-11(10(17)7-8)19-14(20)9(2)18-15(21)12-5-6-13(16)22-12/h3-7,9H,1-2H3,(H,18,21)(H,19,20). The van der Waals surface area contributed by atoms with Gasteiger partial charge in [0.1, 0.15) is 6.04 Å². The Hall–Kier alpha value is -1.37. The highest BCUT2D eigenvalue weighted by Crippen LogP contribution is 2.23. The fourth-order valence-electron chi connectivity index (χ4n) is 1.73. The first kappa shape index (κ1) is 17.0. The van der Waals surface area contributed by atoms with Crippen LogP contribution < -0.4 is 10.6 Å². The summed E-state index contributed by atoms with van der Waals surface area (Å²) in [6.07, 6.45) is 0. The summed E-state index contributed by atoms with van der Waals surface area (Å²) in [5, 5.41) is 5.83. The van der Waals surface area contributed by atoms with Crippen LogP contribution in [0.4, 0.5) is 5.69 Å². The number of carbonyl (C=O) groups excluding carboxylic acids is 2. The number of halogens is 2. The van der Waals surface area contributed by atoms with Crippen molar-refractivity contribution < 1.29 is 9.59 Å². The van der Waals surface area contributed by atoms with Crippen molar-refractivity contribution in [1.82, 2.24) is 5.32 Å². The van der Waals surface area contributed by atoms with Gasteiger partial charge in [-0.3, -0.25) is 9.59 Å². The number of anilines is 1. The molecule has 0 fully saturated rings. The van der Waals surface area contributed by atoms with Gasteiger partial charge in [0.25, 0.3) is 5.91 Å². The number of aryl methyl sites for hydroxylation is 1. The van der Waals surface area contributed by atoms with E-state index in [9.17, 15) is 9.59 Å². The van der Waals surface area contributed by atoms with Gasteiger partial charge in [0.05, 0.1) is 19.4 Å². The molecule has 7 heteroatoms. The summed E-state index contributed by atoms with van der Waals surface area (Å²) >= 11 is 10.7. The highest BCUT2D eigenvalue weighted by atomic mass is 79.9. The molecule has 1 heterocycles. The molecule has 2 amide bonds. The van der Waals surface area contributed by atoms with Crippen molar-refractivity contribution in [2.75, 3.05) is 5.32 Å². The van der Waals surface area contributed by atoms with E-state index >= 15 is 0 Å². The van der Waals surface area contributed by atoms with Crippen LogP contribution in [0.15, 0.2) is 34.1 Å². The van der Waals surface area contributed by atoms with E-state index in [1.54, 1.807) is 31.2 Å². The topological polar surface area (TPSA) is 58.2 Å². The van der Waals surface area contributed by atoms with Crippen molar-refractivity contribution in [1.29, 1.82) is 0 Å². The molecule has 1 atom stereocenters. The Kier molecular flexibility index (Phi) is 5.61. The van der Waals surface area contributed by atoms with Crippen molar-refractivity contribution in [3.63, 3.8) is 0 Å². The number of thiophene rings is 1. The summed E-state index contributed by atoms with van der Waals surface area (Å²) in [6, 6.07) is 8.17. The highest BCUT2D eigenvalue weighted by Gasteiger charge is 2.18. The molecule has 0 aliphatic rings. The van der Waals surface area contributed by atoms with Gasteiger partial charge in [0.15, 0.2) is 0 Å². The first-order valence-electron chi connectivity index (χ1n) is 6.50.